The van der Waals surface area contributed by atoms with E-state index < -0.39 is 0 Å². The molecule has 122 valence electrons. The Balaban J connectivity index is 1.72. The topological polar surface area (TPSA) is 80.0 Å². The highest BCUT2D eigenvalue weighted by Crippen LogP contribution is 2.18. The van der Waals surface area contributed by atoms with Gasteiger partial charge >= 0.3 is 0 Å². The zero-order valence-corrected chi connectivity index (χ0v) is 13.5. The van der Waals surface area contributed by atoms with Gasteiger partial charge in [-0.15, -0.1) is 0 Å². The molecule has 24 heavy (non-hydrogen) atoms. The standard InChI is InChI=1S/C18H18N4O2/c1-12-10-17(21-15-7-5-14(6-8-15)13(2)23)22-18(20-12)19-11-16-4-3-9-24-16/h3-10H,11H2,1-2H3,(H2,19,20,21,22). The largest absolute Gasteiger partial charge is 0.467 e. The summed E-state index contributed by atoms with van der Waals surface area (Å²) in [6.45, 7) is 3.97. The molecule has 0 spiro atoms. The highest BCUT2D eigenvalue weighted by molar-refractivity contribution is 5.94. The van der Waals surface area contributed by atoms with E-state index in [2.05, 4.69) is 20.6 Å². The molecule has 1 aromatic carbocycles. The zero-order valence-electron chi connectivity index (χ0n) is 13.5. The Hall–Kier alpha value is -3.15. The number of carbonyl (C=O) groups excluding carboxylic acids is 1. The van der Waals surface area contributed by atoms with Crippen LogP contribution in [-0.4, -0.2) is 15.8 Å². The minimum absolute atomic E-state index is 0.0452. The summed E-state index contributed by atoms with van der Waals surface area (Å²) in [6, 6.07) is 12.9. The number of aromatic nitrogens is 2. The van der Waals surface area contributed by atoms with E-state index in [4.69, 9.17) is 4.42 Å². The van der Waals surface area contributed by atoms with Crippen molar-refractivity contribution in [1.82, 2.24) is 9.97 Å². The van der Waals surface area contributed by atoms with E-state index in [1.54, 1.807) is 25.3 Å². The maximum Gasteiger partial charge on any atom is 0.225 e. The van der Waals surface area contributed by atoms with Crippen molar-refractivity contribution in [1.29, 1.82) is 0 Å². The minimum Gasteiger partial charge on any atom is -0.467 e. The Morgan fingerprint density at radius 3 is 2.62 bits per heavy atom. The number of nitrogens with zero attached hydrogens (tertiary/aromatic N) is 2. The first-order chi connectivity index (χ1) is 11.6. The van der Waals surface area contributed by atoms with Crippen LogP contribution in [0.3, 0.4) is 0 Å². The molecule has 2 aromatic heterocycles. The number of ketones is 1. The Morgan fingerprint density at radius 1 is 1.17 bits per heavy atom. The van der Waals surface area contributed by atoms with Gasteiger partial charge in [0.15, 0.2) is 5.78 Å². The Kier molecular flexibility index (Phi) is 4.56. The van der Waals surface area contributed by atoms with Crippen LogP contribution in [0.15, 0.2) is 53.1 Å². The molecular formula is C18H18N4O2. The van der Waals surface area contributed by atoms with Crippen LogP contribution in [0.2, 0.25) is 0 Å². The second-order valence-electron chi connectivity index (χ2n) is 5.41. The van der Waals surface area contributed by atoms with Gasteiger partial charge in [-0.1, -0.05) is 0 Å². The van der Waals surface area contributed by atoms with Gasteiger partial charge in [0.2, 0.25) is 5.95 Å². The number of carbonyl (C=O) groups is 1. The van der Waals surface area contributed by atoms with Gasteiger partial charge in [0.05, 0.1) is 12.8 Å². The smallest absolute Gasteiger partial charge is 0.225 e. The number of benzene rings is 1. The number of Topliss-reactive ketones (excluding diaryl/α,β-unsaturated/α-hetero) is 1. The normalized spacial score (nSPS) is 10.4. The molecule has 0 unspecified atom stereocenters. The second-order valence-corrected chi connectivity index (χ2v) is 5.41. The van der Waals surface area contributed by atoms with Gasteiger partial charge < -0.3 is 15.1 Å². The van der Waals surface area contributed by atoms with Crippen LogP contribution >= 0.6 is 0 Å². The summed E-state index contributed by atoms with van der Waals surface area (Å²) in [7, 11) is 0. The number of furan rings is 1. The van der Waals surface area contributed by atoms with Gasteiger partial charge in [-0.25, -0.2) is 4.98 Å². The molecule has 0 saturated carbocycles. The first kappa shape index (κ1) is 15.7. The minimum atomic E-state index is 0.0452. The summed E-state index contributed by atoms with van der Waals surface area (Å²) >= 11 is 0. The monoisotopic (exact) mass is 322 g/mol. The van der Waals surface area contributed by atoms with Crippen molar-refractivity contribution in [2.45, 2.75) is 20.4 Å². The van der Waals surface area contributed by atoms with Gasteiger partial charge in [-0.05, 0) is 50.2 Å². The maximum absolute atomic E-state index is 11.3. The first-order valence-corrected chi connectivity index (χ1v) is 7.60. The fraction of sp³-hybridized carbons (Fsp3) is 0.167. The van der Waals surface area contributed by atoms with E-state index in [1.807, 2.05) is 37.3 Å². The van der Waals surface area contributed by atoms with E-state index in [1.165, 1.54) is 0 Å². The summed E-state index contributed by atoms with van der Waals surface area (Å²) in [4.78, 5) is 20.1. The number of rotatable bonds is 6. The molecule has 0 atom stereocenters. The van der Waals surface area contributed by atoms with Crippen LogP contribution in [0, 0.1) is 6.92 Å². The van der Waals surface area contributed by atoms with Crippen LogP contribution in [0.5, 0.6) is 0 Å². The van der Waals surface area contributed by atoms with Crippen molar-refractivity contribution in [2.24, 2.45) is 0 Å². The van der Waals surface area contributed by atoms with Crippen LogP contribution in [0.1, 0.15) is 28.7 Å². The van der Waals surface area contributed by atoms with Crippen molar-refractivity contribution < 1.29 is 9.21 Å². The van der Waals surface area contributed by atoms with Gasteiger partial charge in [-0.2, -0.15) is 4.98 Å². The molecule has 3 aromatic rings. The third-order valence-electron chi connectivity index (χ3n) is 3.42. The molecule has 0 fully saturated rings. The highest BCUT2D eigenvalue weighted by Gasteiger charge is 2.05. The molecule has 6 heteroatoms. The lowest BCUT2D eigenvalue weighted by Crippen LogP contribution is -2.06. The van der Waals surface area contributed by atoms with Crippen LogP contribution < -0.4 is 10.6 Å². The molecule has 0 amide bonds. The van der Waals surface area contributed by atoms with Crippen LogP contribution in [0.4, 0.5) is 17.5 Å². The fourth-order valence-electron chi connectivity index (χ4n) is 2.23. The molecule has 0 aliphatic carbocycles. The molecule has 0 bridgehead atoms. The lowest BCUT2D eigenvalue weighted by atomic mass is 10.1. The molecule has 0 radical (unpaired) electrons. The fourth-order valence-corrected chi connectivity index (χ4v) is 2.23. The van der Waals surface area contributed by atoms with E-state index in [-0.39, 0.29) is 5.78 Å². The summed E-state index contributed by atoms with van der Waals surface area (Å²) in [5, 5.41) is 6.36. The average molecular weight is 322 g/mol. The lowest BCUT2D eigenvalue weighted by Gasteiger charge is -2.09. The zero-order chi connectivity index (χ0) is 16.9. The summed E-state index contributed by atoms with van der Waals surface area (Å²) in [5.74, 6) is 2.06. The maximum atomic E-state index is 11.3. The van der Waals surface area contributed by atoms with Gasteiger partial charge in [0.1, 0.15) is 11.6 Å². The molecule has 0 aliphatic rings. The molecule has 2 heterocycles. The number of aryl methyl sites for hydroxylation is 1. The molecule has 0 saturated heterocycles. The van der Waals surface area contributed by atoms with Crippen LogP contribution in [0.25, 0.3) is 0 Å². The average Bonchev–Trinajstić information content (AvgIpc) is 3.06. The highest BCUT2D eigenvalue weighted by atomic mass is 16.3. The molecule has 2 N–H and O–H groups in total. The number of anilines is 3. The van der Waals surface area contributed by atoms with Crippen molar-refractivity contribution in [3.05, 3.63) is 65.7 Å². The number of hydrogen-bond donors (Lipinski definition) is 2. The summed E-state index contributed by atoms with van der Waals surface area (Å²) < 4.78 is 5.28. The van der Waals surface area contributed by atoms with E-state index in [9.17, 15) is 4.79 Å². The van der Waals surface area contributed by atoms with Crippen molar-refractivity contribution in [3.63, 3.8) is 0 Å². The summed E-state index contributed by atoms with van der Waals surface area (Å²) in [5.41, 5.74) is 2.38. The predicted molar refractivity (Wildman–Crippen MR) is 92.5 cm³/mol. The quantitative estimate of drug-likeness (QED) is 0.669. The Morgan fingerprint density at radius 2 is 1.96 bits per heavy atom. The van der Waals surface area contributed by atoms with E-state index in [0.29, 0.717) is 23.9 Å². The number of hydrogen-bond acceptors (Lipinski definition) is 6. The molecule has 0 aliphatic heterocycles. The van der Waals surface area contributed by atoms with Gasteiger partial charge in [0.25, 0.3) is 0 Å². The third-order valence-corrected chi connectivity index (χ3v) is 3.42. The SMILES string of the molecule is CC(=O)c1ccc(Nc2cc(C)nc(NCc3ccco3)n2)cc1. The van der Waals surface area contributed by atoms with Crippen molar-refractivity contribution in [2.75, 3.05) is 10.6 Å². The van der Waals surface area contributed by atoms with Crippen molar-refractivity contribution >= 4 is 23.2 Å². The van der Waals surface area contributed by atoms with Crippen LogP contribution in [-0.2, 0) is 6.54 Å². The molecular weight excluding hydrogens is 304 g/mol. The Bertz CT molecular complexity index is 827. The lowest BCUT2D eigenvalue weighted by molar-refractivity contribution is 0.101. The predicted octanol–water partition coefficient (Wildman–Crippen LogP) is 3.94. The van der Waals surface area contributed by atoms with E-state index in [0.717, 1.165) is 17.1 Å². The summed E-state index contributed by atoms with van der Waals surface area (Å²) in [6.07, 6.45) is 1.63. The molecule has 3 rings (SSSR count). The third kappa shape index (κ3) is 3.98. The van der Waals surface area contributed by atoms with Crippen molar-refractivity contribution in [3.8, 4) is 0 Å². The van der Waals surface area contributed by atoms with Gasteiger partial charge in [0, 0.05) is 23.0 Å². The second kappa shape index (κ2) is 6.95. The molecule has 6 nitrogen and oxygen atoms in total. The Labute approximate surface area is 140 Å². The van der Waals surface area contributed by atoms with E-state index >= 15 is 0 Å². The first-order valence-electron chi connectivity index (χ1n) is 7.60. The van der Waals surface area contributed by atoms with Gasteiger partial charge in [-0.3, -0.25) is 4.79 Å². The number of nitrogens with one attached hydrogen (secondary N) is 2.